The summed E-state index contributed by atoms with van der Waals surface area (Å²) in [6.07, 6.45) is 1.65. The summed E-state index contributed by atoms with van der Waals surface area (Å²) in [5.74, 6) is -3.29. The van der Waals surface area contributed by atoms with Crippen molar-refractivity contribution < 1.29 is 38.2 Å². The summed E-state index contributed by atoms with van der Waals surface area (Å²) in [7, 11) is 1.21. The van der Waals surface area contributed by atoms with Crippen LogP contribution in [-0.2, 0) is 25.8 Å². The summed E-state index contributed by atoms with van der Waals surface area (Å²) >= 11 is 1.29. The van der Waals surface area contributed by atoms with Gasteiger partial charge in [-0.25, -0.2) is 4.79 Å². The summed E-state index contributed by atoms with van der Waals surface area (Å²) < 4.78 is 6.45. The monoisotopic (exact) mass is 553 g/mol. The van der Waals surface area contributed by atoms with Gasteiger partial charge >= 0.3 is 12.0 Å². The van der Waals surface area contributed by atoms with Gasteiger partial charge in [0.2, 0.25) is 23.0 Å². The van der Waals surface area contributed by atoms with Gasteiger partial charge in [-0.2, -0.15) is 9.55 Å². The van der Waals surface area contributed by atoms with Crippen molar-refractivity contribution >= 4 is 58.1 Å². The van der Waals surface area contributed by atoms with E-state index in [9.17, 15) is 24.3 Å². The van der Waals surface area contributed by atoms with Crippen LogP contribution in [0.15, 0.2) is 57.5 Å². The Labute approximate surface area is 223 Å². The largest absolute Gasteiger partial charge is 0.477 e. The van der Waals surface area contributed by atoms with Crippen LogP contribution >= 0.6 is 11.8 Å². The molecule has 4 heterocycles. The second-order valence-electron chi connectivity index (χ2n) is 8.44. The Morgan fingerprint density at radius 2 is 2.10 bits per heavy atom. The van der Waals surface area contributed by atoms with E-state index >= 15 is 0 Å². The molecule has 1 saturated heterocycles. The number of nitrogens with one attached hydrogen (secondary N) is 1. The van der Waals surface area contributed by atoms with E-state index in [0.29, 0.717) is 22.0 Å². The number of thioether (sulfide) groups is 1. The van der Waals surface area contributed by atoms with Crippen LogP contribution in [0.4, 0.5) is 6.01 Å². The average Bonchev–Trinajstić information content (AvgIpc) is 3.35. The Hall–Kier alpha value is -4.99. The Morgan fingerprint density at radius 3 is 2.77 bits per heavy atom. The molecule has 15 nitrogen and oxygen atoms in total. The fourth-order valence-electron chi connectivity index (χ4n) is 4.47. The second-order valence-corrected chi connectivity index (χ2v) is 9.54. The summed E-state index contributed by atoms with van der Waals surface area (Å²) in [6.45, 7) is 0.144. The number of benzene rings is 1. The Balaban J connectivity index is 1.41. The number of anilines is 1. The van der Waals surface area contributed by atoms with Gasteiger partial charge in [0.15, 0.2) is 12.7 Å². The number of amides is 3. The molecule has 5 rings (SSSR count). The minimum atomic E-state index is -1.28. The second kappa shape index (κ2) is 10.1. The standard InChI is InChI=1S/C23H20N8O7S/c1-37-28-14(18-27-23(25)38-29-18)19(33)26-15-20(34)31-16(22(35)36)10(9-39-21(15)31)8-30-7-6-12(17(24)32)11-4-2-3-5-13(11)30/h2-7,15,21H,8-9H2,1H3,(H5-,24,25,26,27,29,32,33,35,36)/p+1/b28-14-/t15?,21-/m1/s1. The molecule has 0 radical (unpaired) electrons. The molecule has 2 aliphatic rings. The summed E-state index contributed by atoms with van der Waals surface area (Å²) in [5.41, 5.74) is 11.9. The van der Waals surface area contributed by atoms with Crippen molar-refractivity contribution in [3.8, 4) is 0 Å². The molecule has 0 bridgehead atoms. The highest BCUT2D eigenvalue weighted by atomic mass is 32.2. The fourth-order valence-corrected chi connectivity index (χ4v) is 5.80. The van der Waals surface area contributed by atoms with E-state index in [0.717, 1.165) is 4.90 Å². The molecule has 2 aromatic heterocycles. The lowest BCUT2D eigenvalue weighted by Crippen LogP contribution is -2.71. The number of aromatic nitrogens is 3. The molecule has 0 spiro atoms. The molecule has 1 unspecified atom stereocenters. The van der Waals surface area contributed by atoms with Gasteiger partial charge in [-0.3, -0.25) is 19.3 Å². The number of hydrogen-bond acceptors (Lipinski definition) is 11. The summed E-state index contributed by atoms with van der Waals surface area (Å²) in [6, 6.07) is 7.34. The predicted molar refractivity (Wildman–Crippen MR) is 135 cm³/mol. The smallest absolute Gasteiger partial charge is 0.352 e. The first-order chi connectivity index (χ1) is 18.7. The lowest BCUT2D eigenvalue weighted by atomic mass is 10.0. The molecular weight excluding hydrogens is 532 g/mol. The van der Waals surface area contributed by atoms with Crippen LogP contribution in [-0.4, -0.2) is 73.8 Å². The van der Waals surface area contributed by atoms with E-state index in [1.807, 2.05) is 0 Å². The van der Waals surface area contributed by atoms with Gasteiger partial charge in [-0.05, 0) is 6.07 Å². The van der Waals surface area contributed by atoms with Crippen LogP contribution in [0.25, 0.3) is 10.9 Å². The minimum absolute atomic E-state index is 0.144. The van der Waals surface area contributed by atoms with Crippen molar-refractivity contribution in [3.63, 3.8) is 0 Å². The number of carboxylic acid groups (broad SMARTS) is 1. The molecule has 1 fully saturated rings. The molecule has 1 aromatic carbocycles. The number of aliphatic carboxylic acids is 1. The van der Waals surface area contributed by atoms with E-state index < -0.39 is 35.1 Å². The molecule has 3 aromatic rings. The number of primary amides is 1. The van der Waals surface area contributed by atoms with Crippen molar-refractivity contribution in [2.45, 2.75) is 18.0 Å². The number of pyridine rings is 1. The van der Waals surface area contributed by atoms with Gasteiger partial charge in [0.1, 0.15) is 24.2 Å². The number of nitrogen functional groups attached to an aromatic ring is 1. The number of rotatable bonds is 8. The van der Waals surface area contributed by atoms with Crippen LogP contribution < -0.4 is 21.4 Å². The maximum Gasteiger partial charge on any atom is 0.352 e. The van der Waals surface area contributed by atoms with Gasteiger partial charge < -0.3 is 31.3 Å². The van der Waals surface area contributed by atoms with Crippen molar-refractivity contribution in [2.24, 2.45) is 10.9 Å². The zero-order chi connectivity index (χ0) is 27.8. The predicted octanol–water partition coefficient (Wildman–Crippen LogP) is -1.02. The highest BCUT2D eigenvalue weighted by molar-refractivity contribution is 8.00. The number of carboxylic acids is 1. The number of nitrogens with two attached hydrogens (primary N) is 2. The number of β-lactam (4-membered cyclic amide) rings is 1. The lowest BCUT2D eigenvalue weighted by molar-refractivity contribution is -0.663. The number of carbonyl (C=O) groups excluding carboxylic acids is 3. The van der Waals surface area contributed by atoms with E-state index in [-0.39, 0.29) is 35.5 Å². The minimum Gasteiger partial charge on any atom is -0.477 e. The third-order valence-corrected chi connectivity index (χ3v) is 7.48. The van der Waals surface area contributed by atoms with E-state index in [4.69, 9.17) is 11.5 Å². The Kier molecular flexibility index (Phi) is 6.61. The quantitative estimate of drug-likeness (QED) is 0.114. The van der Waals surface area contributed by atoms with Crippen LogP contribution in [0.5, 0.6) is 0 Å². The van der Waals surface area contributed by atoms with E-state index in [1.165, 1.54) is 18.9 Å². The first-order valence-corrected chi connectivity index (χ1v) is 12.4. The average molecular weight is 554 g/mol. The molecule has 3 amide bonds. The molecule has 200 valence electrons. The third-order valence-electron chi connectivity index (χ3n) is 6.14. The Morgan fingerprint density at radius 1 is 1.33 bits per heavy atom. The molecule has 39 heavy (non-hydrogen) atoms. The highest BCUT2D eigenvalue weighted by Gasteiger charge is 2.55. The highest BCUT2D eigenvalue weighted by Crippen LogP contribution is 2.40. The van der Waals surface area contributed by atoms with Gasteiger partial charge in [0.05, 0.1) is 10.9 Å². The van der Waals surface area contributed by atoms with Gasteiger partial charge in [0, 0.05) is 23.5 Å². The van der Waals surface area contributed by atoms with E-state index in [1.54, 1.807) is 41.1 Å². The van der Waals surface area contributed by atoms with Crippen LogP contribution in [0.1, 0.15) is 16.2 Å². The molecule has 0 saturated carbocycles. The number of carbonyl (C=O) groups is 4. The molecule has 16 heteroatoms. The normalized spacial score (nSPS) is 18.9. The number of fused-ring (bicyclic) bond motifs is 2. The Bertz CT molecular complexity index is 1600. The number of nitrogens with zero attached hydrogens (tertiary/aromatic N) is 5. The zero-order valence-corrected chi connectivity index (χ0v) is 21.0. The number of hydrogen-bond donors (Lipinski definition) is 4. The van der Waals surface area contributed by atoms with E-state index in [2.05, 4.69) is 30.0 Å². The van der Waals surface area contributed by atoms with Crippen molar-refractivity contribution in [2.75, 3.05) is 18.6 Å². The maximum atomic E-state index is 13.1. The fraction of sp³-hybridized carbons (Fsp3) is 0.217. The summed E-state index contributed by atoms with van der Waals surface area (Å²) in [5, 5.41) is 19.6. The molecule has 0 aliphatic carbocycles. The van der Waals surface area contributed by atoms with Crippen LogP contribution in [0.2, 0.25) is 0 Å². The molecular formula is C23H21N8O7S+. The van der Waals surface area contributed by atoms with Crippen molar-refractivity contribution in [1.82, 2.24) is 20.4 Å². The van der Waals surface area contributed by atoms with Crippen molar-refractivity contribution in [3.05, 3.63) is 59.2 Å². The first kappa shape index (κ1) is 25.7. The van der Waals surface area contributed by atoms with Crippen LogP contribution in [0, 0.1) is 0 Å². The van der Waals surface area contributed by atoms with Crippen LogP contribution in [0.3, 0.4) is 0 Å². The number of oxime groups is 1. The maximum absolute atomic E-state index is 13.1. The molecule has 2 atom stereocenters. The summed E-state index contributed by atoms with van der Waals surface area (Å²) in [4.78, 5) is 59.7. The lowest BCUT2D eigenvalue weighted by Gasteiger charge is -2.49. The third kappa shape index (κ3) is 4.50. The molecule has 2 aliphatic heterocycles. The molecule has 6 N–H and O–H groups in total. The zero-order valence-electron chi connectivity index (χ0n) is 20.2. The first-order valence-electron chi connectivity index (χ1n) is 11.3. The van der Waals surface area contributed by atoms with Gasteiger partial charge in [-0.1, -0.05) is 22.4 Å². The van der Waals surface area contributed by atoms with Gasteiger partial charge in [-0.15, -0.1) is 11.8 Å². The topological polar surface area (TPSA) is 220 Å². The van der Waals surface area contributed by atoms with Crippen molar-refractivity contribution in [1.29, 1.82) is 0 Å². The van der Waals surface area contributed by atoms with Gasteiger partial charge in [0.25, 0.3) is 11.8 Å². The number of para-hydroxylation sites is 1. The SMILES string of the molecule is CO/N=C(\C(=O)NC1C(=O)N2C(C(=O)O)=C(C[n+]3ccc(C(N)=O)c4ccccc43)CS[C@H]12)c1noc(N)n1.